The minimum Gasteiger partial charge on any atom is -0.331 e. The van der Waals surface area contributed by atoms with Crippen LogP contribution in [0.15, 0.2) is 54.9 Å². The van der Waals surface area contributed by atoms with E-state index in [1.165, 1.54) is 0 Å². The molecule has 3 N–H and O–H groups in total. The van der Waals surface area contributed by atoms with E-state index in [0.717, 1.165) is 22.3 Å². The molecule has 1 aromatic heterocycles. The molecule has 6 nitrogen and oxygen atoms in total. The van der Waals surface area contributed by atoms with Gasteiger partial charge in [0.25, 0.3) is 5.91 Å². The van der Waals surface area contributed by atoms with Gasteiger partial charge in [0.15, 0.2) is 5.11 Å². The average molecular weight is 339 g/mol. The van der Waals surface area contributed by atoms with Crippen LogP contribution in [0.4, 0.5) is 5.69 Å². The Bertz CT molecular complexity index is 889. The van der Waals surface area contributed by atoms with Crippen molar-refractivity contribution in [1.29, 1.82) is 0 Å². The zero-order valence-corrected chi connectivity index (χ0v) is 13.9. The lowest BCUT2D eigenvalue weighted by molar-refractivity contribution is -0.122. The summed E-state index contributed by atoms with van der Waals surface area (Å²) in [7, 11) is 0. The quantitative estimate of drug-likeness (QED) is 0.505. The number of nitrogens with one attached hydrogen (secondary N) is 3. The fourth-order valence-electron chi connectivity index (χ4n) is 2.32. The van der Waals surface area contributed by atoms with Gasteiger partial charge in [0, 0.05) is 5.69 Å². The zero-order valence-electron chi connectivity index (χ0n) is 13.1. The maximum Gasteiger partial charge on any atom is 0.258 e. The smallest absolute Gasteiger partial charge is 0.258 e. The summed E-state index contributed by atoms with van der Waals surface area (Å²) in [5.41, 5.74) is 9.02. The van der Waals surface area contributed by atoms with E-state index in [1.54, 1.807) is 10.9 Å². The molecule has 0 bridgehead atoms. The molecule has 3 rings (SSSR count). The molecule has 0 atom stereocenters. The lowest BCUT2D eigenvalue weighted by atomic mass is 10.2. The molecule has 0 aliphatic heterocycles. The molecule has 0 spiro atoms. The number of rotatable bonds is 3. The number of anilines is 1. The van der Waals surface area contributed by atoms with E-state index < -0.39 is 0 Å². The Labute approximate surface area is 144 Å². The number of carbonyl (C=O) groups excluding carboxylic acids is 1. The van der Waals surface area contributed by atoms with Crippen LogP contribution < -0.4 is 16.2 Å². The van der Waals surface area contributed by atoms with Gasteiger partial charge in [0.2, 0.25) is 0 Å². The number of amides is 1. The molecule has 0 fully saturated rings. The summed E-state index contributed by atoms with van der Waals surface area (Å²) in [5, 5.41) is 3.37. The highest BCUT2D eigenvalue weighted by Gasteiger charge is 2.07. The number of fused-ring (bicyclic) bond motifs is 1. The SMILES string of the molecule is Cc1ccccc1NC(=S)NNC(=O)Cn1cnc2ccccc21. The third kappa shape index (κ3) is 3.69. The number of carbonyl (C=O) groups is 1. The van der Waals surface area contributed by atoms with E-state index in [0.29, 0.717) is 5.11 Å². The predicted molar refractivity (Wildman–Crippen MR) is 98.4 cm³/mol. The molecule has 0 radical (unpaired) electrons. The van der Waals surface area contributed by atoms with Crippen molar-refractivity contribution in [3.05, 3.63) is 60.4 Å². The summed E-state index contributed by atoms with van der Waals surface area (Å²) >= 11 is 5.18. The van der Waals surface area contributed by atoms with Gasteiger partial charge in [0.05, 0.1) is 17.4 Å². The number of hydrazine groups is 1. The third-order valence-corrected chi connectivity index (χ3v) is 3.75. The van der Waals surface area contributed by atoms with Gasteiger partial charge >= 0.3 is 0 Å². The van der Waals surface area contributed by atoms with Crippen LogP contribution in [-0.4, -0.2) is 20.6 Å². The highest BCUT2D eigenvalue weighted by Crippen LogP contribution is 2.13. The van der Waals surface area contributed by atoms with Gasteiger partial charge in [-0.2, -0.15) is 0 Å². The second kappa shape index (κ2) is 7.10. The minimum atomic E-state index is -0.216. The van der Waals surface area contributed by atoms with E-state index in [2.05, 4.69) is 21.2 Å². The summed E-state index contributed by atoms with van der Waals surface area (Å²) in [6.45, 7) is 2.13. The first kappa shape index (κ1) is 15.9. The summed E-state index contributed by atoms with van der Waals surface area (Å²) < 4.78 is 1.78. The molecule has 7 heteroatoms. The summed E-state index contributed by atoms with van der Waals surface area (Å²) in [5.74, 6) is -0.216. The Morgan fingerprint density at radius 1 is 1.12 bits per heavy atom. The molecule has 0 unspecified atom stereocenters. The summed E-state index contributed by atoms with van der Waals surface area (Å²) in [4.78, 5) is 16.3. The second-order valence-electron chi connectivity index (χ2n) is 5.30. The molecule has 0 saturated heterocycles. The van der Waals surface area contributed by atoms with Crippen LogP contribution in [0.25, 0.3) is 11.0 Å². The van der Waals surface area contributed by atoms with Crippen LogP contribution in [0.1, 0.15) is 5.56 Å². The molecular weight excluding hydrogens is 322 g/mol. The summed E-state index contributed by atoms with van der Waals surface area (Å²) in [6, 6.07) is 15.4. The Kier molecular flexibility index (Phi) is 4.72. The normalized spacial score (nSPS) is 10.4. The molecule has 2 aromatic carbocycles. The second-order valence-corrected chi connectivity index (χ2v) is 5.71. The lowest BCUT2D eigenvalue weighted by Gasteiger charge is -2.13. The standard InChI is InChI=1S/C17H17N5OS/c1-12-6-2-3-7-13(12)19-17(24)21-20-16(23)10-22-11-18-14-8-4-5-9-15(14)22/h2-9,11H,10H2,1H3,(H,20,23)(H2,19,21,24). The largest absolute Gasteiger partial charge is 0.331 e. The minimum absolute atomic E-state index is 0.153. The highest BCUT2D eigenvalue weighted by molar-refractivity contribution is 7.80. The number of aryl methyl sites for hydroxylation is 1. The van der Waals surface area contributed by atoms with Gasteiger partial charge < -0.3 is 9.88 Å². The first-order chi connectivity index (χ1) is 11.6. The van der Waals surface area contributed by atoms with Crippen molar-refractivity contribution in [1.82, 2.24) is 20.4 Å². The monoisotopic (exact) mass is 339 g/mol. The Morgan fingerprint density at radius 2 is 1.88 bits per heavy atom. The van der Waals surface area contributed by atoms with Crippen molar-refractivity contribution in [2.75, 3.05) is 5.32 Å². The van der Waals surface area contributed by atoms with Crippen LogP contribution in [0.2, 0.25) is 0 Å². The number of benzene rings is 2. The maximum atomic E-state index is 12.1. The number of imidazole rings is 1. The van der Waals surface area contributed by atoms with Crippen molar-refractivity contribution in [2.45, 2.75) is 13.5 Å². The molecule has 122 valence electrons. The number of nitrogens with zero attached hydrogens (tertiary/aromatic N) is 2. The van der Waals surface area contributed by atoms with Crippen LogP contribution in [0.5, 0.6) is 0 Å². The molecule has 3 aromatic rings. The first-order valence-electron chi connectivity index (χ1n) is 7.45. The predicted octanol–water partition coefficient (Wildman–Crippen LogP) is 2.36. The number of thiocarbonyl (C=S) groups is 1. The van der Waals surface area contributed by atoms with Gasteiger partial charge in [-0.25, -0.2) is 4.98 Å². The van der Waals surface area contributed by atoms with E-state index in [9.17, 15) is 4.79 Å². The van der Waals surface area contributed by atoms with E-state index >= 15 is 0 Å². The van der Waals surface area contributed by atoms with Crippen LogP contribution in [-0.2, 0) is 11.3 Å². The van der Waals surface area contributed by atoms with Crippen LogP contribution in [0.3, 0.4) is 0 Å². The molecule has 1 heterocycles. The van der Waals surface area contributed by atoms with E-state index in [1.807, 2.05) is 55.5 Å². The Morgan fingerprint density at radius 3 is 2.71 bits per heavy atom. The fraction of sp³-hybridized carbons (Fsp3) is 0.118. The van der Waals surface area contributed by atoms with Crippen molar-refractivity contribution in [3.8, 4) is 0 Å². The van der Waals surface area contributed by atoms with Crippen molar-refractivity contribution >= 4 is 40.0 Å². The Balaban J connectivity index is 1.54. The number of para-hydroxylation sites is 3. The third-order valence-electron chi connectivity index (χ3n) is 3.55. The molecule has 0 saturated carbocycles. The van der Waals surface area contributed by atoms with Gasteiger partial charge in [-0.1, -0.05) is 30.3 Å². The topological polar surface area (TPSA) is 71.0 Å². The molecule has 1 amide bonds. The number of aromatic nitrogens is 2. The van der Waals surface area contributed by atoms with Crippen molar-refractivity contribution < 1.29 is 4.79 Å². The molecule has 0 aliphatic carbocycles. The van der Waals surface area contributed by atoms with Crippen molar-refractivity contribution in [3.63, 3.8) is 0 Å². The zero-order chi connectivity index (χ0) is 16.9. The lowest BCUT2D eigenvalue weighted by Crippen LogP contribution is -2.45. The van der Waals surface area contributed by atoms with Gasteiger partial charge in [-0.15, -0.1) is 0 Å². The number of hydrogen-bond donors (Lipinski definition) is 3. The molecule has 0 aliphatic rings. The van der Waals surface area contributed by atoms with E-state index in [-0.39, 0.29) is 12.5 Å². The number of hydrogen-bond acceptors (Lipinski definition) is 3. The Hall–Kier alpha value is -2.93. The van der Waals surface area contributed by atoms with Crippen molar-refractivity contribution in [2.24, 2.45) is 0 Å². The average Bonchev–Trinajstić information content (AvgIpc) is 2.98. The van der Waals surface area contributed by atoms with Crippen LogP contribution in [0, 0.1) is 6.92 Å². The fourth-order valence-corrected chi connectivity index (χ4v) is 2.48. The molecular formula is C17H17N5OS. The maximum absolute atomic E-state index is 12.1. The van der Waals surface area contributed by atoms with Gasteiger partial charge in [0.1, 0.15) is 6.54 Å². The van der Waals surface area contributed by atoms with E-state index in [4.69, 9.17) is 12.2 Å². The van der Waals surface area contributed by atoms with Gasteiger partial charge in [-0.05, 0) is 42.9 Å². The van der Waals surface area contributed by atoms with Crippen LogP contribution >= 0.6 is 12.2 Å². The van der Waals surface area contributed by atoms with Gasteiger partial charge in [-0.3, -0.25) is 15.6 Å². The molecule has 24 heavy (non-hydrogen) atoms. The first-order valence-corrected chi connectivity index (χ1v) is 7.85. The summed E-state index contributed by atoms with van der Waals surface area (Å²) in [6.07, 6.45) is 1.65. The highest BCUT2D eigenvalue weighted by atomic mass is 32.1.